The Morgan fingerprint density at radius 2 is 1.58 bits per heavy atom. The van der Waals surface area contributed by atoms with E-state index in [1.807, 2.05) is 104 Å². The van der Waals surface area contributed by atoms with Crippen molar-refractivity contribution in [1.29, 1.82) is 0 Å². The summed E-state index contributed by atoms with van der Waals surface area (Å²) in [6, 6.07) is 29.3. The van der Waals surface area contributed by atoms with Crippen LogP contribution in [0.2, 0.25) is 10.0 Å². The van der Waals surface area contributed by atoms with Crippen LogP contribution in [0.3, 0.4) is 0 Å². The molecule has 1 amide bonds. The predicted molar refractivity (Wildman–Crippen MR) is 147 cm³/mol. The van der Waals surface area contributed by atoms with Crippen LogP contribution in [0.4, 0.5) is 0 Å². The topological polar surface area (TPSA) is 46.4 Å². The van der Waals surface area contributed by atoms with Crippen molar-refractivity contribution in [2.75, 3.05) is 0 Å². The number of amides is 1. The van der Waals surface area contributed by atoms with Crippen LogP contribution in [0, 0.1) is 0 Å². The van der Waals surface area contributed by atoms with E-state index in [9.17, 15) is 4.79 Å². The smallest absolute Gasteiger partial charge is 0.220 e. The maximum Gasteiger partial charge on any atom is 0.220 e. The molecule has 5 aromatic rings. The minimum Gasteiger partial charge on any atom is -0.350 e. The van der Waals surface area contributed by atoms with E-state index in [2.05, 4.69) is 9.72 Å². The molecule has 0 radical (unpaired) electrons. The first kappa shape index (κ1) is 24.1. The molecule has 0 saturated heterocycles. The predicted octanol–water partition coefficient (Wildman–Crippen LogP) is 7.79. The van der Waals surface area contributed by atoms with Gasteiger partial charge < -0.3 is 9.72 Å². The molecule has 0 spiro atoms. The molecule has 6 heteroatoms. The summed E-state index contributed by atoms with van der Waals surface area (Å²) in [5.74, 6) is -0.00869. The number of rotatable bonds is 7. The second-order valence-corrected chi connectivity index (χ2v) is 9.58. The van der Waals surface area contributed by atoms with Gasteiger partial charge in [0.05, 0.1) is 17.4 Å². The van der Waals surface area contributed by atoms with Gasteiger partial charge >= 0.3 is 0 Å². The van der Waals surface area contributed by atoms with Crippen LogP contribution < -0.4 is 5.32 Å². The number of hydrogen-bond acceptors (Lipinski definition) is 2. The standard InChI is InChI=1S/C30H25Cl2N3O/c1-20(21-7-3-2-4-8-21)33-29(36)18-16-27-30(22-11-14-24(31)15-12-22)34-28-17-13-23(19-35(27)28)25-9-5-6-10-26(25)32/h2-15,17,19-20H,16,18H2,1H3,(H,33,36)/t20-/m1/s1. The van der Waals surface area contributed by atoms with Crippen molar-refractivity contribution in [3.8, 4) is 22.4 Å². The molecule has 1 N–H and O–H groups in total. The minimum absolute atomic E-state index is 0.00869. The van der Waals surface area contributed by atoms with Gasteiger partial charge in [0.25, 0.3) is 0 Å². The van der Waals surface area contributed by atoms with E-state index in [-0.39, 0.29) is 11.9 Å². The SMILES string of the molecule is C[C@@H](NC(=O)CCc1c(-c2ccc(Cl)cc2)nc2ccc(-c3ccccc3Cl)cn12)c1ccccc1. The van der Waals surface area contributed by atoms with E-state index < -0.39 is 0 Å². The Bertz CT molecular complexity index is 1510. The lowest BCUT2D eigenvalue weighted by molar-refractivity contribution is -0.121. The quantitative estimate of drug-likeness (QED) is 0.241. The highest BCUT2D eigenvalue weighted by Gasteiger charge is 2.17. The monoisotopic (exact) mass is 513 g/mol. The van der Waals surface area contributed by atoms with Crippen molar-refractivity contribution in [1.82, 2.24) is 14.7 Å². The van der Waals surface area contributed by atoms with Gasteiger partial charge in [-0.1, -0.05) is 83.9 Å². The molecule has 0 saturated carbocycles. The highest BCUT2D eigenvalue weighted by Crippen LogP contribution is 2.31. The van der Waals surface area contributed by atoms with E-state index >= 15 is 0 Å². The minimum atomic E-state index is -0.0663. The number of imidazole rings is 1. The fourth-order valence-electron chi connectivity index (χ4n) is 4.40. The van der Waals surface area contributed by atoms with Gasteiger partial charge in [0, 0.05) is 33.8 Å². The van der Waals surface area contributed by atoms with E-state index in [1.165, 1.54) is 0 Å². The normalized spacial score (nSPS) is 12.0. The van der Waals surface area contributed by atoms with Gasteiger partial charge in [-0.05, 0) is 54.8 Å². The summed E-state index contributed by atoms with van der Waals surface area (Å²) < 4.78 is 2.07. The van der Waals surface area contributed by atoms with Gasteiger partial charge in [0.15, 0.2) is 0 Å². The average Bonchev–Trinajstić information content (AvgIpc) is 3.26. The molecule has 0 aliphatic heterocycles. The Hall–Kier alpha value is -3.60. The Kier molecular flexibility index (Phi) is 7.08. The van der Waals surface area contributed by atoms with Crippen LogP contribution in [0.1, 0.15) is 30.6 Å². The van der Waals surface area contributed by atoms with Crippen LogP contribution in [0.5, 0.6) is 0 Å². The Morgan fingerprint density at radius 3 is 2.33 bits per heavy atom. The highest BCUT2D eigenvalue weighted by molar-refractivity contribution is 6.33. The average molecular weight is 514 g/mol. The Labute approximate surface area is 220 Å². The fraction of sp³-hybridized carbons (Fsp3) is 0.133. The summed E-state index contributed by atoms with van der Waals surface area (Å²) in [6.07, 6.45) is 2.91. The third kappa shape index (κ3) is 5.15. The first-order chi connectivity index (χ1) is 17.5. The second-order valence-electron chi connectivity index (χ2n) is 8.74. The highest BCUT2D eigenvalue weighted by atomic mass is 35.5. The van der Waals surface area contributed by atoms with Gasteiger partial charge in [-0.15, -0.1) is 0 Å². The van der Waals surface area contributed by atoms with Gasteiger partial charge in [0.2, 0.25) is 5.91 Å². The van der Waals surface area contributed by atoms with Crippen LogP contribution in [-0.2, 0) is 11.2 Å². The molecular formula is C30H25Cl2N3O. The fourth-order valence-corrected chi connectivity index (χ4v) is 4.77. The summed E-state index contributed by atoms with van der Waals surface area (Å²) >= 11 is 12.6. The number of nitrogens with one attached hydrogen (secondary N) is 1. The van der Waals surface area contributed by atoms with Gasteiger partial charge in [-0.3, -0.25) is 4.79 Å². The lowest BCUT2D eigenvalue weighted by atomic mass is 10.1. The molecular weight excluding hydrogens is 489 g/mol. The number of aryl methyl sites for hydroxylation is 1. The molecule has 4 nitrogen and oxygen atoms in total. The van der Waals surface area contributed by atoms with Crippen molar-refractivity contribution in [2.24, 2.45) is 0 Å². The van der Waals surface area contributed by atoms with Crippen molar-refractivity contribution in [3.63, 3.8) is 0 Å². The lowest BCUT2D eigenvalue weighted by Gasteiger charge is -2.14. The summed E-state index contributed by atoms with van der Waals surface area (Å²) in [4.78, 5) is 17.8. The van der Waals surface area contributed by atoms with Gasteiger partial charge in [-0.2, -0.15) is 0 Å². The largest absolute Gasteiger partial charge is 0.350 e. The van der Waals surface area contributed by atoms with E-state index in [0.717, 1.165) is 39.3 Å². The van der Waals surface area contributed by atoms with Crippen molar-refractivity contribution < 1.29 is 4.79 Å². The molecule has 0 fully saturated rings. The first-order valence-electron chi connectivity index (χ1n) is 11.9. The number of benzene rings is 3. The number of aromatic nitrogens is 2. The van der Waals surface area contributed by atoms with Crippen molar-refractivity contribution in [2.45, 2.75) is 25.8 Å². The van der Waals surface area contributed by atoms with Crippen molar-refractivity contribution in [3.05, 3.63) is 118 Å². The van der Waals surface area contributed by atoms with Crippen LogP contribution in [-0.4, -0.2) is 15.3 Å². The molecule has 2 aromatic heterocycles. The Balaban J connectivity index is 1.48. The van der Waals surface area contributed by atoms with Gasteiger partial charge in [0.1, 0.15) is 5.65 Å². The zero-order chi connectivity index (χ0) is 25.1. The molecule has 2 heterocycles. The number of fused-ring (bicyclic) bond motifs is 1. The Morgan fingerprint density at radius 1 is 0.889 bits per heavy atom. The first-order valence-corrected chi connectivity index (χ1v) is 12.6. The van der Waals surface area contributed by atoms with E-state index in [4.69, 9.17) is 28.2 Å². The van der Waals surface area contributed by atoms with Gasteiger partial charge in [-0.25, -0.2) is 4.98 Å². The molecule has 0 aliphatic rings. The van der Waals surface area contributed by atoms with Crippen LogP contribution in [0.25, 0.3) is 28.0 Å². The van der Waals surface area contributed by atoms with E-state index in [1.54, 1.807) is 0 Å². The summed E-state index contributed by atoms with van der Waals surface area (Å²) in [7, 11) is 0. The zero-order valence-corrected chi connectivity index (χ0v) is 21.3. The molecule has 1 atom stereocenters. The summed E-state index contributed by atoms with van der Waals surface area (Å²) in [5.41, 5.74) is 6.57. The summed E-state index contributed by atoms with van der Waals surface area (Å²) in [5, 5.41) is 4.47. The molecule has 0 unspecified atom stereocenters. The number of carbonyl (C=O) groups is 1. The number of halogens is 2. The maximum absolute atomic E-state index is 12.9. The van der Waals surface area contributed by atoms with Crippen LogP contribution >= 0.6 is 23.2 Å². The van der Waals surface area contributed by atoms with E-state index in [0.29, 0.717) is 22.9 Å². The third-order valence-corrected chi connectivity index (χ3v) is 6.87. The molecule has 180 valence electrons. The lowest BCUT2D eigenvalue weighted by Crippen LogP contribution is -2.26. The number of hydrogen-bond donors (Lipinski definition) is 1. The van der Waals surface area contributed by atoms with Crippen LogP contribution in [0.15, 0.2) is 97.2 Å². The maximum atomic E-state index is 12.9. The third-order valence-electron chi connectivity index (χ3n) is 6.29. The second kappa shape index (κ2) is 10.6. The molecule has 36 heavy (non-hydrogen) atoms. The zero-order valence-electron chi connectivity index (χ0n) is 19.8. The van der Waals surface area contributed by atoms with Crippen molar-refractivity contribution >= 4 is 34.8 Å². The molecule has 0 bridgehead atoms. The summed E-state index contributed by atoms with van der Waals surface area (Å²) in [6.45, 7) is 2.00. The number of pyridine rings is 1. The molecule has 0 aliphatic carbocycles. The number of nitrogens with zero attached hydrogens (tertiary/aromatic N) is 2. The number of carbonyl (C=O) groups excluding carboxylic acids is 1. The molecule has 5 rings (SSSR count). The molecule has 3 aromatic carbocycles.